The number of ether oxygens (including phenoxy) is 1. The van der Waals surface area contributed by atoms with Crippen molar-refractivity contribution in [1.82, 2.24) is 4.57 Å². The van der Waals surface area contributed by atoms with Gasteiger partial charge in [0.1, 0.15) is 13.6 Å². The molecule has 132 valence electrons. The minimum Gasteiger partial charge on any atom is -0.493 e. The molecule has 2 aromatic carbocycles. The Morgan fingerprint density at radius 3 is 2.69 bits per heavy atom. The molecule has 0 atom stereocenters. The number of halogens is 2. The molecule has 0 aliphatic heterocycles. The minimum absolute atomic E-state index is 0.357. The molecule has 3 aromatic rings. The van der Waals surface area contributed by atoms with Gasteiger partial charge in [0.15, 0.2) is 11.6 Å². The van der Waals surface area contributed by atoms with Crippen molar-refractivity contribution in [2.75, 3.05) is 6.61 Å². The monoisotopic (exact) mass is 351 g/mol. The summed E-state index contributed by atoms with van der Waals surface area (Å²) in [6.45, 7) is 1.29. The SMILES string of the molecule is [B]c1ccc2c(c1)c1c(n2CCCOc2ccc(F)c(F)c2)CCCC1. The van der Waals surface area contributed by atoms with Crippen LogP contribution in [0.2, 0.25) is 0 Å². The first-order valence-corrected chi connectivity index (χ1v) is 9.11. The average Bonchev–Trinajstić information content (AvgIpc) is 2.95. The summed E-state index contributed by atoms with van der Waals surface area (Å²) in [4.78, 5) is 0. The number of fused-ring (bicyclic) bond motifs is 3. The molecule has 1 aliphatic rings. The van der Waals surface area contributed by atoms with Crippen LogP contribution in [0.4, 0.5) is 8.78 Å². The zero-order valence-corrected chi connectivity index (χ0v) is 14.6. The lowest BCUT2D eigenvalue weighted by Crippen LogP contribution is -2.10. The maximum absolute atomic E-state index is 13.2. The highest BCUT2D eigenvalue weighted by Gasteiger charge is 2.19. The van der Waals surface area contributed by atoms with Gasteiger partial charge in [-0.15, -0.1) is 0 Å². The van der Waals surface area contributed by atoms with Crippen molar-refractivity contribution < 1.29 is 13.5 Å². The van der Waals surface area contributed by atoms with Crippen molar-refractivity contribution in [3.63, 3.8) is 0 Å². The fourth-order valence-electron chi connectivity index (χ4n) is 3.89. The lowest BCUT2D eigenvalue weighted by atomic mass is 9.91. The van der Waals surface area contributed by atoms with Crippen LogP contribution in [0, 0.1) is 11.6 Å². The summed E-state index contributed by atoms with van der Waals surface area (Å²) in [5, 5.41) is 1.27. The second-order valence-electron chi connectivity index (χ2n) is 6.84. The van der Waals surface area contributed by atoms with Crippen LogP contribution >= 0.6 is 0 Å². The third-order valence-electron chi connectivity index (χ3n) is 5.09. The van der Waals surface area contributed by atoms with E-state index in [1.54, 1.807) is 0 Å². The first-order chi connectivity index (χ1) is 12.6. The van der Waals surface area contributed by atoms with Gasteiger partial charge in [0.2, 0.25) is 0 Å². The first-order valence-electron chi connectivity index (χ1n) is 9.11. The van der Waals surface area contributed by atoms with E-state index in [0.717, 1.165) is 43.4 Å². The largest absolute Gasteiger partial charge is 0.493 e. The van der Waals surface area contributed by atoms with Crippen molar-refractivity contribution >= 4 is 24.2 Å². The fraction of sp³-hybridized carbons (Fsp3) is 0.333. The molecular formula is C21H20BF2NO. The lowest BCUT2D eigenvalue weighted by Gasteiger charge is -2.16. The van der Waals surface area contributed by atoms with E-state index < -0.39 is 11.6 Å². The number of aryl methyl sites for hydroxylation is 2. The van der Waals surface area contributed by atoms with Gasteiger partial charge in [0.25, 0.3) is 0 Å². The van der Waals surface area contributed by atoms with Crippen LogP contribution in [0.15, 0.2) is 36.4 Å². The highest BCUT2D eigenvalue weighted by Crippen LogP contribution is 2.32. The Bertz CT molecular complexity index is 951. The average molecular weight is 351 g/mol. The Kier molecular flexibility index (Phi) is 4.71. The minimum atomic E-state index is -0.884. The number of hydrogen-bond acceptors (Lipinski definition) is 1. The van der Waals surface area contributed by atoms with Crippen LogP contribution in [0.5, 0.6) is 5.75 Å². The van der Waals surface area contributed by atoms with Gasteiger partial charge in [-0.2, -0.15) is 0 Å². The van der Waals surface area contributed by atoms with Crippen molar-refractivity contribution in [2.24, 2.45) is 0 Å². The summed E-state index contributed by atoms with van der Waals surface area (Å²) in [6.07, 6.45) is 5.42. The normalized spacial score (nSPS) is 13.8. The second kappa shape index (κ2) is 7.14. The van der Waals surface area contributed by atoms with Crippen molar-refractivity contribution in [3.8, 4) is 5.75 Å². The summed E-state index contributed by atoms with van der Waals surface area (Å²) in [6, 6.07) is 9.75. The standard InChI is InChI=1S/C21H20BF2NO/c22-14-6-9-21-17(12-14)16-4-1-2-5-20(16)25(21)10-3-11-26-15-7-8-18(23)19(24)13-15/h6-9,12-13H,1-5,10-11H2. The van der Waals surface area contributed by atoms with Gasteiger partial charge in [0.05, 0.1) is 6.61 Å². The third kappa shape index (κ3) is 3.23. The summed E-state index contributed by atoms with van der Waals surface area (Å²) < 4.78 is 34.2. The maximum atomic E-state index is 13.2. The van der Waals surface area contributed by atoms with Crippen LogP contribution in [-0.2, 0) is 19.4 Å². The molecular weight excluding hydrogens is 331 g/mol. The van der Waals surface area contributed by atoms with Gasteiger partial charge < -0.3 is 9.30 Å². The second-order valence-corrected chi connectivity index (χ2v) is 6.84. The summed E-state index contributed by atoms with van der Waals surface area (Å²) in [5.74, 6) is -1.39. The van der Waals surface area contributed by atoms with Gasteiger partial charge in [-0.3, -0.25) is 0 Å². The molecule has 2 nitrogen and oxygen atoms in total. The van der Waals surface area contributed by atoms with Crippen LogP contribution < -0.4 is 10.2 Å². The zero-order chi connectivity index (χ0) is 18.1. The number of benzene rings is 2. The molecule has 26 heavy (non-hydrogen) atoms. The summed E-state index contributed by atoms with van der Waals surface area (Å²) in [7, 11) is 5.99. The predicted octanol–water partition coefficient (Wildman–Crippen LogP) is 4.06. The Morgan fingerprint density at radius 2 is 1.85 bits per heavy atom. The number of hydrogen-bond donors (Lipinski definition) is 0. The molecule has 1 aromatic heterocycles. The predicted molar refractivity (Wildman–Crippen MR) is 100 cm³/mol. The molecule has 1 heterocycles. The van der Waals surface area contributed by atoms with E-state index in [1.165, 1.54) is 41.1 Å². The van der Waals surface area contributed by atoms with Gasteiger partial charge in [-0.1, -0.05) is 17.6 Å². The van der Waals surface area contributed by atoms with E-state index in [1.807, 2.05) is 6.07 Å². The molecule has 5 heteroatoms. The number of nitrogens with zero attached hydrogens (tertiary/aromatic N) is 1. The third-order valence-corrected chi connectivity index (χ3v) is 5.09. The first kappa shape index (κ1) is 17.1. The smallest absolute Gasteiger partial charge is 0.162 e. The molecule has 0 unspecified atom stereocenters. The van der Waals surface area contributed by atoms with E-state index in [9.17, 15) is 8.78 Å². The van der Waals surface area contributed by atoms with Crippen molar-refractivity contribution in [1.29, 1.82) is 0 Å². The number of rotatable bonds is 5. The van der Waals surface area contributed by atoms with Crippen molar-refractivity contribution in [3.05, 3.63) is 59.3 Å². The molecule has 0 amide bonds. The van der Waals surface area contributed by atoms with E-state index in [2.05, 4.69) is 16.7 Å². The quantitative estimate of drug-likeness (QED) is 0.500. The van der Waals surface area contributed by atoms with Gasteiger partial charge in [0, 0.05) is 29.2 Å². The highest BCUT2D eigenvalue weighted by atomic mass is 19.2. The Labute approximate surface area is 153 Å². The van der Waals surface area contributed by atoms with Gasteiger partial charge >= 0.3 is 0 Å². The Balaban J connectivity index is 1.49. The van der Waals surface area contributed by atoms with Gasteiger partial charge in [-0.05, 0) is 55.9 Å². The molecule has 0 bridgehead atoms. The van der Waals surface area contributed by atoms with Crippen LogP contribution in [0.25, 0.3) is 10.9 Å². The molecule has 0 saturated carbocycles. The van der Waals surface area contributed by atoms with Gasteiger partial charge in [-0.25, -0.2) is 8.78 Å². The maximum Gasteiger partial charge on any atom is 0.162 e. The van der Waals surface area contributed by atoms with E-state index in [-0.39, 0.29) is 0 Å². The fourth-order valence-corrected chi connectivity index (χ4v) is 3.89. The molecule has 0 fully saturated rings. The molecule has 2 radical (unpaired) electrons. The van der Waals surface area contributed by atoms with Crippen LogP contribution in [0.3, 0.4) is 0 Å². The summed E-state index contributed by atoms with van der Waals surface area (Å²) in [5.41, 5.74) is 4.85. The molecule has 0 saturated heterocycles. The Hall–Kier alpha value is -2.30. The highest BCUT2D eigenvalue weighted by molar-refractivity contribution is 6.33. The van der Waals surface area contributed by atoms with E-state index in [4.69, 9.17) is 12.6 Å². The van der Waals surface area contributed by atoms with E-state index in [0.29, 0.717) is 12.4 Å². The topological polar surface area (TPSA) is 14.2 Å². The lowest BCUT2D eigenvalue weighted by molar-refractivity contribution is 0.299. The Morgan fingerprint density at radius 1 is 1.00 bits per heavy atom. The van der Waals surface area contributed by atoms with Crippen LogP contribution in [0.1, 0.15) is 30.5 Å². The summed E-state index contributed by atoms with van der Waals surface area (Å²) >= 11 is 0. The van der Waals surface area contributed by atoms with Crippen LogP contribution in [-0.4, -0.2) is 19.0 Å². The van der Waals surface area contributed by atoms with E-state index >= 15 is 0 Å². The zero-order valence-electron chi connectivity index (χ0n) is 14.6. The van der Waals surface area contributed by atoms with Crippen molar-refractivity contribution in [2.45, 2.75) is 38.6 Å². The molecule has 4 rings (SSSR count). The molecule has 0 N–H and O–H groups in total. The molecule has 0 spiro atoms. The molecule has 1 aliphatic carbocycles. The number of aromatic nitrogens is 1.